The fourth-order valence-corrected chi connectivity index (χ4v) is 2.38. The summed E-state index contributed by atoms with van der Waals surface area (Å²) in [5.74, 6) is 5.03. The summed E-state index contributed by atoms with van der Waals surface area (Å²) >= 11 is 0. The van der Waals surface area contributed by atoms with Gasteiger partial charge in [-0.05, 0) is 23.8 Å². The summed E-state index contributed by atoms with van der Waals surface area (Å²) < 4.78 is 15.1. The van der Waals surface area contributed by atoms with Crippen LogP contribution in [0.1, 0.15) is 11.1 Å². The van der Waals surface area contributed by atoms with E-state index in [-0.39, 0.29) is 5.82 Å². The highest BCUT2D eigenvalue weighted by Crippen LogP contribution is 2.21. The number of hydrogen-bond donors (Lipinski definition) is 1. The molecular weight excluding hydrogens is 253 g/mol. The lowest BCUT2D eigenvalue weighted by Crippen LogP contribution is -1.97. The SMILES string of the molecule is NN=Cc1cn(Cc2ccc(F)cc2)c2ccccc12. The number of nitrogens with two attached hydrogens (primary N) is 1. The highest BCUT2D eigenvalue weighted by molar-refractivity contribution is 5.99. The molecule has 1 heterocycles. The second-order valence-electron chi connectivity index (χ2n) is 4.63. The van der Waals surface area contributed by atoms with Gasteiger partial charge in [0, 0.05) is 29.2 Å². The number of hydrazone groups is 1. The lowest BCUT2D eigenvalue weighted by molar-refractivity contribution is 0.626. The van der Waals surface area contributed by atoms with Crippen LogP contribution < -0.4 is 5.84 Å². The number of benzene rings is 2. The van der Waals surface area contributed by atoms with Crippen molar-refractivity contribution in [2.24, 2.45) is 10.9 Å². The predicted octanol–water partition coefficient (Wildman–Crippen LogP) is 3.12. The van der Waals surface area contributed by atoms with E-state index in [0.29, 0.717) is 6.54 Å². The molecule has 2 aromatic carbocycles. The van der Waals surface area contributed by atoms with Crippen LogP contribution in [0.25, 0.3) is 10.9 Å². The highest BCUT2D eigenvalue weighted by Gasteiger charge is 2.06. The monoisotopic (exact) mass is 267 g/mol. The molecule has 3 rings (SSSR count). The molecule has 0 spiro atoms. The number of nitrogens with zero attached hydrogens (tertiary/aromatic N) is 2. The van der Waals surface area contributed by atoms with Crippen LogP contribution in [0.15, 0.2) is 59.8 Å². The van der Waals surface area contributed by atoms with Gasteiger partial charge in [0.15, 0.2) is 0 Å². The van der Waals surface area contributed by atoms with Crippen LogP contribution in [-0.2, 0) is 6.54 Å². The smallest absolute Gasteiger partial charge is 0.123 e. The van der Waals surface area contributed by atoms with Crippen molar-refractivity contribution < 1.29 is 4.39 Å². The average Bonchev–Trinajstić information content (AvgIpc) is 2.81. The number of hydrogen-bond acceptors (Lipinski definition) is 2. The Hall–Kier alpha value is -2.62. The molecule has 0 unspecified atom stereocenters. The molecule has 0 fully saturated rings. The summed E-state index contributed by atoms with van der Waals surface area (Å²) in [6, 6.07) is 14.6. The molecule has 0 bridgehead atoms. The van der Waals surface area contributed by atoms with Crippen LogP contribution >= 0.6 is 0 Å². The molecule has 3 nitrogen and oxygen atoms in total. The van der Waals surface area contributed by atoms with E-state index >= 15 is 0 Å². The summed E-state index contributed by atoms with van der Waals surface area (Å²) in [4.78, 5) is 0. The Labute approximate surface area is 116 Å². The Morgan fingerprint density at radius 2 is 1.85 bits per heavy atom. The molecule has 0 aliphatic carbocycles. The van der Waals surface area contributed by atoms with E-state index in [2.05, 4.69) is 9.67 Å². The van der Waals surface area contributed by atoms with E-state index in [1.54, 1.807) is 18.3 Å². The molecule has 0 saturated carbocycles. The van der Waals surface area contributed by atoms with Crippen molar-refractivity contribution in [3.05, 3.63) is 71.7 Å². The van der Waals surface area contributed by atoms with Crippen LogP contribution in [-0.4, -0.2) is 10.8 Å². The van der Waals surface area contributed by atoms with E-state index in [1.807, 2.05) is 30.5 Å². The zero-order valence-corrected chi connectivity index (χ0v) is 10.8. The fourth-order valence-electron chi connectivity index (χ4n) is 2.38. The number of rotatable bonds is 3. The lowest BCUT2D eigenvalue weighted by atomic mass is 10.2. The first kappa shape index (κ1) is 12.4. The Morgan fingerprint density at radius 3 is 2.60 bits per heavy atom. The standard InChI is InChI=1S/C16H14FN3/c17-14-7-5-12(6-8-14)10-20-11-13(9-19-18)15-3-1-2-4-16(15)20/h1-9,11H,10,18H2. The van der Waals surface area contributed by atoms with Crippen molar-refractivity contribution >= 4 is 17.1 Å². The molecular formula is C16H14FN3. The average molecular weight is 267 g/mol. The zero-order chi connectivity index (χ0) is 13.9. The van der Waals surface area contributed by atoms with Crippen LogP contribution in [0.2, 0.25) is 0 Å². The number of fused-ring (bicyclic) bond motifs is 1. The Morgan fingerprint density at radius 1 is 1.10 bits per heavy atom. The highest BCUT2D eigenvalue weighted by atomic mass is 19.1. The van der Waals surface area contributed by atoms with Gasteiger partial charge in [-0.2, -0.15) is 5.10 Å². The van der Waals surface area contributed by atoms with Crippen LogP contribution in [0, 0.1) is 5.82 Å². The van der Waals surface area contributed by atoms with Gasteiger partial charge in [0.25, 0.3) is 0 Å². The first-order valence-electron chi connectivity index (χ1n) is 6.33. The molecule has 0 saturated heterocycles. The van der Waals surface area contributed by atoms with Crippen LogP contribution in [0.4, 0.5) is 4.39 Å². The maximum Gasteiger partial charge on any atom is 0.123 e. The summed E-state index contributed by atoms with van der Waals surface area (Å²) in [5, 5.41) is 4.70. The largest absolute Gasteiger partial charge is 0.342 e. The molecule has 0 aliphatic rings. The number of aromatic nitrogens is 1. The van der Waals surface area contributed by atoms with Gasteiger partial charge in [-0.1, -0.05) is 30.3 Å². The minimum absolute atomic E-state index is 0.220. The minimum atomic E-state index is -0.220. The van der Waals surface area contributed by atoms with Crippen molar-refractivity contribution in [3.63, 3.8) is 0 Å². The molecule has 20 heavy (non-hydrogen) atoms. The summed E-state index contributed by atoms with van der Waals surface area (Å²) in [5.41, 5.74) is 3.13. The molecule has 0 aliphatic heterocycles. The third kappa shape index (κ3) is 2.28. The van der Waals surface area contributed by atoms with E-state index < -0.39 is 0 Å². The van der Waals surface area contributed by atoms with E-state index in [1.165, 1.54) is 12.1 Å². The van der Waals surface area contributed by atoms with Gasteiger partial charge in [0.1, 0.15) is 5.82 Å². The Balaban J connectivity index is 2.05. The quantitative estimate of drug-likeness (QED) is 0.442. The van der Waals surface area contributed by atoms with E-state index in [9.17, 15) is 4.39 Å². The predicted molar refractivity (Wildman–Crippen MR) is 79.2 cm³/mol. The molecule has 0 radical (unpaired) electrons. The fraction of sp³-hybridized carbons (Fsp3) is 0.0625. The van der Waals surface area contributed by atoms with Crippen molar-refractivity contribution in [1.29, 1.82) is 0 Å². The van der Waals surface area contributed by atoms with Gasteiger partial charge < -0.3 is 10.4 Å². The third-order valence-corrected chi connectivity index (χ3v) is 3.30. The van der Waals surface area contributed by atoms with Gasteiger partial charge >= 0.3 is 0 Å². The number of para-hydroxylation sites is 1. The Kier molecular flexibility index (Phi) is 3.21. The second kappa shape index (κ2) is 5.17. The van der Waals surface area contributed by atoms with Crippen LogP contribution in [0.3, 0.4) is 0 Å². The maximum atomic E-state index is 12.9. The van der Waals surface area contributed by atoms with Gasteiger partial charge in [0.2, 0.25) is 0 Å². The molecule has 0 amide bonds. The molecule has 100 valence electrons. The lowest BCUT2D eigenvalue weighted by Gasteiger charge is -2.05. The van der Waals surface area contributed by atoms with E-state index in [0.717, 1.165) is 22.0 Å². The topological polar surface area (TPSA) is 43.3 Å². The van der Waals surface area contributed by atoms with Gasteiger partial charge in [-0.15, -0.1) is 0 Å². The van der Waals surface area contributed by atoms with E-state index in [4.69, 9.17) is 5.84 Å². The van der Waals surface area contributed by atoms with Crippen LogP contribution in [0.5, 0.6) is 0 Å². The van der Waals surface area contributed by atoms with Crippen molar-refractivity contribution in [2.75, 3.05) is 0 Å². The summed E-state index contributed by atoms with van der Waals surface area (Å²) in [6.45, 7) is 0.680. The van der Waals surface area contributed by atoms with Crippen molar-refractivity contribution in [3.8, 4) is 0 Å². The second-order valence-corrected chi connectivity index (χ2v) is 4.63. The first-order chi connectivity index (χ1) is 9.78. The molecule has 3 aromatic rings. The van der Waals surface area contributed by atoms with Crippen molar-refractivity contribution in [1.82, 2.24) is 4.57 Å². The van der Waals surface area contributed by atoms with Gasteiger partial charge in [-0.25, -0.2) is 4.39 Å². The normalized spacial score (nSPS) is 11.4. The van der Waals surface area contributed by atoms with Gasteiger partial charge in [-0.3, -0.25) is 0 Å². The van der Waals surface area contributed by atoms with Gasteiger partial charge in [0.05, 0.1) is 6.21 Å². The maximum absolute atomic E-state index is 12.9. The first-order valence-corrected chi connectivity index (χ1v) is 6.33. The molecule has 1 aromatic heterocycles. The van der Waals surface area contributed by atoms with Crippen molar-refractivity contribution in [2.45, 2.75) is 6.54 Å². The Bertz CT molecular complexity index is 757. The number of halogens is 1. The summed E-state index contributed by atoms with van der Waals surface area (Å²) in [7, 11) is 0. The minimum Gasteiger partial charge on any atom is -0.342 e. The zero-order valence-electron chi connectivity index (χ0n) is 10.8. The molecule has 2 N–H and O–H groups in total. The third-order valence-electron chi connectivity index (χ3n) is 3.30. The molecule has 4 heteroatoms. The molecule has 0 atom stereocenters. The summed E-state index contributed by atoms with van der Waals surface area (Å²) in [6.07, 6.45) is 3.65.